The Kier molecular flexibility index (Phi) is 6.49. The Hall–Kier alpha value is -1.30. The molecule has 0 bridgehead atoms. The van der Waals surface area contributed by atoms with Gasteiger partial charge in [0.05, 0.1) is 6.54 Å². The molecule has 0 radical (unpaired) electrons. The molecular weight excluding hydrogens is 230 g/mol. The lowest BCUT2D eigenvalue weighted by molar-refractivity contribution is -0.128. The van der Waals surface area contributed by atoms with E-state index in [4.69, 9.17) is 5.84 Å². The van der Waals surface area contributed by atoms with Crippen LogP contribution in [0.2, 0.25) is 0 Å². The fraction of sp³-hybridized carbons (Fsp3) is 0.833. The zero-order valence-electron chi connectivity index (χ0n) is 11.4. The zero-order chi connectivity index (χ0) is 13.4. The second kappa shape index (κ2) is 7.92. The van der Waals surface area contributed by atoms with Gasteiger partial charge in [-0.15, -0.1) is 0 Å². The molecule has 18 heavy (non-hydrogen) atoms. The van der Waals surface area contributed by atoms with E-state index in [1.807, 2.05) is 0 Å². The van der Waals surface area contributed by atoms with Gasteiger partial charge < -0.3 is 10.2 Å². The summed E-state index contributed by atoms with van der Waals surface area (Å²) in [5.41, 5.74) is 2.57. The number of nitrogens with one attached hydrogen (secondary N) is 2. The minimum atomic E-state index is 0.0767. The van der Waals surface area contributed by atoms with Gasteiger partial charge in [0.25, 0.3) is 0 Å². The first-order chi connectivity index (χ1) is 8.63. The highest BCUT2D eigenvalue weighted by atomic mass is 16.2. The highest BCUT2D eigenvalue weighted by Crippen LogP contribution is 2.17. The van der Waals surface area contributed by atoms with Crippen LogP contribution in [0.5, 0.6) is 0 Å². The molecule has 1 rings (SSSR count). The number of nitrogens with two attached hydrogens (primary N) is 1. The van der Waals surface area contributed by atoms with Gasteiger partial charge in [-0.3, -0.25) is 15.2 Å². The Labute approximate surface area is 109 Å². The third-order valence-electron chi connectivity index (χ3n) is 3.18. The lowest BCUT2D eigenvalue weighted by Gasteiger charge is -2.24. The van der Waals surface area contributed by atoms with Gasteiger partial charge in [0.15, 0.2) is 0 Å². The van der Waals surface area contributed by atoms with Crippen molar-refractivity contribution in [2.24, 2.45) is 10.8 Å². The molecule has 0 unspecified atom stereocenters. The van der Waals surface area contributed by atoms with E-state index in [0.29, 0.717) is 25.0 Å². The minimum absolute atomic E-state index is 0.0767. The van der Waals surface area contributed by atoms with E-state index >= 15 is 0 Å². The second-order valence-corrected chi connectivity index (χ2v) is 4.89. The van der Waals surface area contributed by atoms with Gasteiger partial charge in [-0.1, -0.05) is 19.3 Å². The third kappa shape index (κ3) is 5.35. The van der Waals surface area contributed by atoms with Crippen LogP contribution in [-0.2, 0) is 4.79 Å². The number of aliphatic imine (C=N–C) groups is 1. The summed E-state index contributed by atoms with van der Waals surface area (Å²) in [7, 11) is 3.49. The van der Waals surface area contributed by atoms with Crippen LogP contribution in [-0.4, -0.2) is 43.4 Å². The van der Waals surface area contributed by atoms with Gasteiger partial charge >= 0.3 is 0 Å². The third-order valence-corrected chi connectivity index (χ3v) is 3.18. The van der Waals surface area contributed by atoms with Crippen molar-refractivity contribution in [3.63, 3.8) is 0 Å². The predicted molar refractivity (Wildman–Crippen MR) is 72.9 cm³/mol. The highest BCUT2D eigenvalue weighted by molar-refractivity contribution is 5.80. The van der Waals surface area contributed by atoms with E-state index in [1.165, 1.54) is 19.3 Å². The van der Waals surface area contributed by atoms with Crippen LogP contribution in [0.4, 0.5) is 0 Å². The van der Waals surface area contributed by atoms with E-state index in [0.717, 1.165) is 12.8 Å². The van der Waals surface area contributed by atoms with Crippen LogP contribution in [0.3, 0.4) is 0 Å². The topological polar surface area (TPSA) is 82.8 Å². The SMILES string of the molecule is CN(C)C(=O)CCN=C(NN)NC1CCCCC1. The van der Waals surface area contributed by atoms with E-state index in [2.05, 4.69) is 15.7 Å². The number of carbonyl (C=O) groups is 1. The smallest absolute Gasteiger partial charge is 0.223 e. The molecule has 0 aromatic rings. The molecule has 6 heteroatoms. The number of amides is 1. The summed E-state index contributed by atoms with van der Waals surface area (Å²) in [6, 6.07) is 0.457. The Balaban J connectivity index is 2.32. The molecule has 0 aliphatic heterocycles. The van der Waals surface area contributed by atoms with Crippen molar-refractivity contribution in [3.8, 4) is 0 Å². The number of nitrogens with zero attached hydrogens (tertiary/aromatic N) is 2. The molecule has 1 fully saturated rings. The van der Waals surface area contributed by atoms with Crippen molar-refractivity contribution in [1.82, 2.24) is 15.6 Å². The summed E-state index contributed by atoms with van der Waals surface area (Å²) in [5.74, 6) is 6.10. The molecule has 0 heterocycles. The molecule has 6 nitrogen and oxygen atoms in total. The van der Waals surface area contributed by atoms with Gasteiger partial charge in [-0.05, 0) is 12.8 Å². The quantitative estimate of drug-likeness (QED) is 0.290. The number of hydrogen-bond acceptors (Lipinski definition) is 3. The van der Waals surface area contributed by atoms with Gasteiger partial charge in [0.1, 0.15) is 0 Å². The molecule has 104 valence electrons. The summed E-state index contributed by atoms with van der Waals surface area (Å²) < 4.78 is 0. The molecule has 1 aliphatic carbocycles. The molecule has 4 N–H and O–H groups in total. The maximum Gasteiger partial charge on any atom is 0.223 e. The monoisotopic (exact) mass is 255 g/mol. The van der Waals surface area contributed by atoms with Crippen molar-refractivity contribution in [2.45, 2.75) is 44.6 Å². The molecule has 1 saturated carbocycles. The largest absolute Gasteiger partial charge is 0.353 e. The van der Waals surface area contributed by atoms with E-state index < -0.39 is 0 Å². The van der Waals surface area contributed by atoms with Crippen LogP contribution in [0, 0.1) is 0 Å². The van der Waals surface area contributed by atoms with Crippen LogP contribution >= 0.6 is 0 Å². The van der Waals surface area contributed by atoms with Crippen molar-refractivity contribution < 1.29 is 4.79 Å². The molecule has 0 spiro atoms. The van der Waals surface area contributed by atoms with Crippen LogP contribution in [0.15, 0.2) is 4.99 Å². The molecule has 0 aromatic heterocycles. The summed E-state index contributed by atoms with van der Waals surface area (Å²) in [5, 5.41) is 3.30. The standard InChI is InChI=1S/C12H25N5O/c1-17(2)11(18)8-9-14-12(16-13)15-10-6-4-3-5-7-10/h10H,3-9,13H2,1-2H3,(H2,14,15,16). The second-order valence-electron chi connectivity index (χ2n) is 4.89. The average Bonchev–Trinajstić information content (AvgIpc) is 2.38. The maximum atomic E-state index is 11.4. The fourth-order valence-corrected chi connectivity index (χ4v) is 2.06. The number of guanidine groups is 1. The van der Waals surface area contributed by atoms with Gasteiger partial charge in [-0.2, -0.15) is 0 Å². The summed E-state index contributed by atoms with van der Waals surface area (Å²) in [4.78, 5) is 17.2. The van der Waals surface area contributed by atoms with Gasteiger partial charge in [0.2, 0.25) is 11.9 Å². The van der Waals surface area contributed by atoms with E-state index in [-0.39, 0.29) is 5.91 Å². The zero-order valence-corrected chi connectivity index (χ0v) is 11.4. The Morgan fingerprint density at radius 1 is 1.33 bits per heavy atom. The average molecular weight is 255 g/mol. The van der Waals surface area contributed by atoms with Crippen molar-refractivity contribution in [3.05, 3.63) is 0 Å². The molecule has 1 aliphatic rings. The minimum Gasteiger partial charge on any atom is -0.353 e. The normalized spacial score (nSPS) is 17.4. The fourth-order valence-electron chi connectivity index (χ4n) is 2.06. The Bertz CT molecular complexity index is 284. The number of rotatable bonds is 4. The van der Waals surface area contributed by atoms with Crippen molar-refractivity contribution in [1.29, 1.82) is 0 Å². The summed E-state index contributed by atoms with van der Waals surface area (Å²) >= 11 is 0. The molecule has 1 amide bonds. The van der Waals surface area contributed by atoms with Crippen molar-refractivity contribution in [2.75, 3.05) is 20.6 Å². The molecule has 0 saturated heterocycles. The molecular formula is C12H25N5O. The van der Waals surface area contributed by atoms with Gasteiger partial charge in [-0.25, -0.2) is 5.84 Å². The Morgan fingerprint density at radius 2 is 2.00 bits per heavy atom. The van der Waals surface area contributed by atoms with Crippen LogP contribution < -0.4 is 16.6 Å². The van der Waals surface area contributed by atoms with E-state index in [9.17, 15) is 4.79 Å². The van der Waals surface area contributed by atoms with Crippen LogP contribution in [0.25, 0.3) is 0 Å². The number of carbonyl (C=O) groups excluding carboxylic acids is 1. The number of hydrogen-bond donors (Lipinski definition) is 3. The first-order valence-corrected chi connectivity index (χ1v) is 6.61. The molecule has 0 aromatic carbocycles. The van der Waals surface area contributed by atoms with Gasteiger partial charge in [0, 0.05) is 26.6 Å². The predicted octanol–water partition coefficient (Wildman–Crippen LogP) is 0.206. The van der Waals surface area contributed by atoms with Crippen molar-refractivity contribution >= 4 is 11.9 Å². The summed E-state index contributed by atoms with van der Waals surface area (Å²) in [6.07, 6.45) is 6.57. The first kappa shape index (κ1) is 14.8. The van der Waals surface area contributed by atoms with E-state index in [1.54, 1.807) is 19.0 Å². The summed E-state index contributed by atoms with van der Waals surface area (Å²) in [6.45, 7) is 0.455. The lowest BCUT2D eigenvalue weighted by atomic mass is 9.96. The lowest BCUT2D eigenvalue weighted by Crippen LogP contribution is -2.47. The first-order valence-electron chi connectivity index (χ1n) is 6.61. The maximum absolute atomic E-state index is 11.4. The Morgan fingerprint density at radius 3 is 2.56 bits per heavy atom. The number of hydrazine groups is 1. The molecule has 0 atom stereocenters. The highest BCUT2D eigenvalue weighted by Gasteiger charge is 2.14. The van der Waals surface area contributed by atoms with Crippen LogP contribution in [0.1, 0.15) is 38.5 Å².